The van der Waals surface area contributed by atoms with E-state index in [1.807, 2.05) is 12.1 Å². The van der Waals surface area contributed by atoms with E-state index in [1.165, 1.54) is 5.56 Å². The Bertz CT molecular complexity index is 306. The lowest BCUT2D eigenvalue weighted by atomic mass is 9.84. The molecule has 0 aliphatic carbocycles. The lowest BCUT2D eigenvalue weighted by molar-refractivity contribution is 0.169. The molecule has 0 spiro atoms. The van der Waals surface area contributed by atoms with E-state index in [-0.39, 0.29) is 5.41 Å². The average molecular weight is 223 g/mol. The molecule has 0 heterocycles. The molecular formula is C13H21NO2. The Morgan fingerprint density at radius 1 is 1.12 bits per heavy atom. The van der Waals surface area contributed by atoms with Crippen molar-refractivity contribution in [2.24, 2.45) is 0 Å². The van der Waals surface area contributed by atoms with Gasteiger partial charge in [-0.2, -0.15) is 0 Å². The molecular weight excluding hydrogens is 202 g/mol. The number of hydrogen-bond acceptors (Lipinski definition) is 3. The summed E-state index contributed by atoms with van der Waals surface area (Å²) >= 11 is 0. The van der Waals surface area contributed by atoms with Crippen LogP contribution >= 0.6 is 0 Å². The van der Waals surface area contributed by atoms with Crippen LogP contribution in [0.2, 0.25) is 0 Å². The molecule has 0 amide bonds. The molecule has 0 fully saturated rings. The smallest absolute Gasteiger partial charge is 0.118 e. The molecule has 0 radical (unpaired) electrons. The van der Waals surface area contributed by atoms with E-state index in [4.69, 9.17) is 9.47 Å². The zero-order valence-corrected chi connectivity index (χ0v) is 10.5. The van der Waals surface area contributed by atoms with E-state index in [0.717, 1.165) is 12.3 Å². The molecule has 0 aliphatic heterocycles. The molecule has 1 N–H and O–H groups in total. The van der Waals surface area contributed by atoms with Gasteiger partial charge in [-0.25, -0.2) is 0 Å². The van der Waals surface area contributed by atoms with Crippen LogP contribution in [0.4, 0.5) is 0 Å². The highest BCUT2D eigenvalue weighted by atomic mass is 16.5. The van der Waals surface area contributed by atoms with Gasteiger partial charge in [0, 0.05) is 19.1 Å². The van der Waals surface area contributed by atoms with Crippen molar-refractivity contribution in [1.29, 1.82) is 0 Å². The van der Waals surface area contributed by atoms with Gasteiger partial charge in [0.2, 0.25) is 0 Å². The summed E-state index contributed by atoms with van der Waals surface area (Å²) in [5, 5.41) is 3.25. The number of hydrogen-bond donors (Lipinski definition) is 1. The Labute approximate surface area is 97.8 Å². The van der Waals surface area contributed by atoms with Crippen LogP contribution in [-0.4, -0.2) is 27.5 Å². The minimum absolute atomic E-state index is 0.0881. The summed E-state index contributed by atoms with van der Waals surface area (Å²) in [6.45, 7) is 5.88. The molecule has 3 nitrogen and oxygen atoms in total. The molecule has 0 atom stereocenters. The second-order valence-corrected chi connectivity index (χ2v) is 4.47. The van der Waals surface area contributed by atoms with Crippen LogP contribution in [0.25, 0.3) is 0 Å². The number of benzene rings is 1. The maximum Gasteiger partial charge on any atom is 0.118 e. The second kappa shape index (κ2) is 5.87. The number of ether oxygens (including phenoxy) is 2. The highest BCUT2D eigenvalue weighted by molar-refractivity contribution is 5.31. The largest absolute Gasteiger partial charge is 0.497 e. The summed E-state index contributed by atoms with van der Waals surface area (Å²) in [6.07, 6.45) is 0. The molecule has 0 saturated carbocycles. The molecule has 90 valence electrons. The maximum absolute atomic E-state index is 5.14. The first-order chi connectivity index (χ1) is 7.60. The highest BCUT2D eigenvalue weighted by Crippen LogP contribution is 2.24. The molecule has 1 aromatic carbocycles. The van der Waals surface area contributed by atoms with Gasteiger partial charge < -0.3 is 9.47 Å². The SMILES string of the molecule is COCNCC(C)(C)c1ccc(OC)cc1. The van der Waals surface area contributed by atoms with Gasteiger partial charge in [-0.3, -0.25) is 5.32 Å². The average Bonchev–Trinajstić information content (AvgIpc) is 2.29. The minimum atomic E-state index is 0.0881. The van der Waals surface area contributed by atoms with Crippen LogP contribution < -0.4 is 10.1 Å². The first-order valence-corrected chi connectivity index (χ1v) is 5.44. The Kier molecular flexibility index (Phi) is 4.77. The molecule has 0 saturated heterocycles. The molecule has 0 unspecified atom stereocenters. The predicted molar refractivity (Wildman–Crippen MR) is 65.9 cm³/mol. The van der Waals surface area contributed by atoms with E-state index >= 15 is 0 Å². The van der Waals surface area contributed by atoms with Gasteiger partial charge in [-0.15, -0.1) is 0 Å². The van der Waals surface area contributed by atoms with Gasteiger partial charge in [-0.1, -0.05) is 26.0 Å². The lowest BCUT2D eigenvalue weighted by Gasteiger charge is -2.25. The third-order valence-corrected chi connectivity index (χ3v) is 2.68. The van der Waals surface area contributed by atoms with Gasteiger partial charge in [-0.05, 0) is 17.7 Å². The summed E-state index contributed by atoms with van der Waals surface area (Å²) in [4.78, 5) is 0. The fourth-order valence-corrected chi connectivity index (χ4v) is 1.61. The third kappa shape index (κ3) is 3.51. The Morgan fingerprint density at radius 2 is 1.75 bits per heavy atom. The van der Waals surface area contributed by atoms with Crippen molar-refractivity contribution >= 4 is 0 Å². The molecule has 1 aromatic rings. The van der Waals surface area contributed by atoms with Crippen molar-refractivity contribution < 1.29 is 9.47 Å². The summed E-state index contributed by atoms with van der Waals surface area (Å²) in [5.74, 6) is 0.893. The Balaban J connectivity index is 2.65. The van der Waals surface area contributed by atoms with E-state index in [0.29, 0.717) is 6.73 Å². The van der Waals surface area contributed by atoms with E-state index < -0.39 is 0 Å². The van der Waals surface area contributed by atoms with Crippen molar-refractivity contribution in [3.05, 3.63) is 29.8 Å². The molecule has 1 rings (SSSR count). The molecule has 0 aliphatic rings. The van der Waals surface area contributed by atoms with Gasteiger partial charge in [0.15, 0.2) is 0 Å². The summed E-state index contributed by atoms with van der Waals surface area (Å²) in [5.41, 5.74) is 1.38. The zero-order chi connectivity index (χ0) is 12.0. The van der Waals surface area contributed by atoms with E-state index in [2.05, 4.69) is 31.3 Å². The molecule has 3 heteroatoms. The third-order valence-electron chi connectivity index (χ3n) is 2.68. The van der Waals surface area contributed by atoms with Crippen LogP contribution in [-0.2, 0) is 10.2 Å². The van der Waals surface area contributed by atoms with Crippen molar-refractivity contribution in [1.82, 2.24) is 5.32 Å². The van der Waals surface area contributed by atoms with Gasteiger partial charge in [0.1, 0.15) is 5.75 Å². The predicted octanol–water partition coefficient (Wildman–Crippen LogP) is 2.17. The van der Waals surface area contributed by atoms with Crippen LogP contribution in [0, 0.1) is 0 Å². The maximum atomic E-state index is 5.14. The van der Waals surface area contributed by atoms with Crippen molar-refractivity contribution in [3.63, 3.8) is 0 Å². The Hall–Kier alpha value is -1.06. The minimum Gasteiger partial charge on any atom is -0.497 e. The lowest BCUT2D eigenvalue weighted by Crippen LogP contribution is -2.33. The Morgan fingerprint density at radius 3 is 2.25 bits per heavy atom. The van der Waals surface area contributed by atoms with Crippen molar-refractivity contribution in [3.8, 4) is 5.75 Å². The van der Waals surface area contributed by atoms with Crippen molar-refractivity contribution in [2.45, 2.75) is 19.3 Å². The van der Waals surface area contributed by atoms with Gasteiger partial charge in [0.05, 0.1) is 13.8 Å². The first kappa shape index (κ1) is 13.0. The monoisotopic (exact) mass is 223 g/mol. The normalized spacial score (nSPS) is 11.5. The molecule has 0 aromatic heterocycles. The van der Waals surface area contributed by atoms with Crippen LogP contribution in [0.3, 0.4) is 0 Å². The summed E-state index contributed by atoms with van der Waals surface area (Å²) < 4.78 is 10.1. The second-order valence-electron chi connectivity index (χ2n) is 4.47. The summed E-state index contributed by atoms with van der Waals surface area (Å²) in [7, 11) is 3.37. The zero-order valence-electron chi connectivity index (χ0n) is 10.5. The van der Waals surface area contributed by atoms with Crippen LogP contribution in [0.5, 0.6) is 5.75 Å². The van der Waals surface area contributed by atoms with Gasteiger partial charge in [0.25, 0.3) is 0 Å². The fourth-order valence-electron chi connectivity index (χ4n) is 1.61. The number of rotatable bonds is 6. The standard InChI is InChI=1S/C13H21NO2/c1-13(2,9-14-10-15-3)11-5-7-12(16-4)8-6-11/h5-8,14H,9-10H2,1-4H3. The first-order valence-electron chi connectivity index (χ1n) is 5.44. The van der Waals surface area contributed by atoms with Crippen LogP contribution in [0.1, 0.15) is 19.4 Å². The fraction of sp³-hybridized carbons (Fsp3) is 0.538. The van der Waals surface area contributed by atoms with Crippen LogP contribution in [0.15, 0.2) is 24.3 Å². The quantitative estimate of drug-likeness (QED) is 0.592. The van der Waals surface area contributed by atoms with E-state index in [1.54, 1.807) is 14.2 Å². The van der Waals surface area contributed by atoms with Crippen molar-refractivity contribution in [2.75, 3.05) is 27.5 Å². The number of methoxy groups -OCH3 is 2. The molecule has 16 heavy (non-hydrogen) atoms. The highest BCUT2D eigenvalue weighted by Gasteiger charge is 2.19. The summed E-state index contributed by atoms with van der Waals surface area (Å²) in [6, 6.07) is 8.20. The van der Waals surface area contributed by atoms with Gasteiger partial charge >= 0.3 is 0 Å². The van der Waals surface area contributed by atoms with E-state index in [9.17, 15) is 0 Å². The molecule has 0 bridgehead atoms. The topological polar surface area (TPSA) is 30.5 Å². The number of nitrogens with one attached hydrogen (secondary N) is 1.